The molecule has 0 fully saturated rings. The molecule has 7 heteroatoms. The summed E-state index contributed by atoms with van der Waals surface area (Å²) in [7, 11) is 1.79. The van der Waals surface area contributed by atoms with Gasteiger partial charge >= 0.3 is 0 Å². The van der Waals surface area contributed by atoms with Crippen molar-refractivity contribution in [1.82, 2.24) is 14.8 Å². The topological polar surface area (TPSA) is 47.8 Å². The number of aromatic nitrogens is 3. The lowest BCUT2D eigenvalue weighted by molar-refractivity contribution is 0.0982. The van der Waals surface area contributed by atoms with Gasteiger partial charge in [0.1, 0.15) is 11.6 Å². The van der Waals surface area contributed by atoms with Crippen molar-refractivity contribution in [2.75, 3.05) is 5.75 Å². The molecule has 0 amide bonds. The third-order valence-corrected chi connectivity index (χ3v) is 5.00. The Morgan fingerprint density at radius 2 is 1.81 bits per heavy atom. The van der Waals surface area contributed by atoms with Crippen LogP contribution in [0.5, 0.6) is 0 Å². The molecule has 3 aromatic rings. The van der Waals surface area contributed by atoms with Gasteiger partial charge in [-0.2, -0.15) is 0 Å². The lowest BCUT2D eigenvalue weighted by Gasteiger charge is -2.05. The van der Waals surface area contributed by atoms with Crippen LogP contribution in [0, 0.1) is 11.6 Å². The molecular formula is C19H17F2N3OS. The van der Waals surface area contributed by atoms with Crippen LogP contribution in [0.15, 0.2) is 53.7 Å². The molecule has 0 N–H and O–H groups in total. The number of hydrogen-bond acceptors (Lipinski definition) is 4. The van der Waals surface area contributed by atoms with E-state index in [9.17, 15) is 13.6 Å². The third kappa shape index (κ3) is 4.16. The Kier molecular flexibility index (Phi) is 5.78. The van der Waals surface area contributed by atoms with Gasteiger partial charge in [-0.25, -0.2) is 8.78 Å². The maximum atomic E-state index is 13.9. The first-order valence-corrected chi connectivity index (χ1v) is 9.10. The molecule has 26 heavy (non-hydrogen) atoms. The van der Waals surface area contributed by atoms with Gasteiger partial charge in [0.2, 0.25) is 0 Å². The average molecular weight is 373 g/mol. The van der Waals surface area contributed by atoms with E-state index in [1.165, 1.54) is 42.1 Å². The molecule has 0 unspecified atom stereocenters. The van der Waals surface area contributed by atoms with Crippen molar-refractivity contribution in [2.24, 2.45) is 7.05 Å². The van der Waals surface area contributed by atoms with Crippen LogP contribution in [0.3, 0.4) is 0 Å². The lowest BCUT2D eigenvalue weighted by atomic mass is 10.1. The molecule has 0 radical (unpaired) electrons. The van der Waals surface area contributed by atoms with Gasteiger partial charge in [0.15, 0.2) is 16.8 Å². The number of carbonyl (C=O) groups excluding carboxylic acids is 1. The van der Waals surface area contributed by atoms with Crippen molar-refractivity contribution < 1.29 is 13.6 Å². The standard InChI is InChI=1S/C19H17F2N3OS/c1-24-18(15-5-2-3-6-16(15)21)22-23-19(24)26-12-4-7-17(25)13-8-10-14(20)11-9-13/h2-3,5-6,8-11H,4,7,12H2,1H3. The Hall–Kier alpha value is -2.54. The number of Topliss-reactive ketones (excluding diaryl/α,β-unsaturated/α-hetero) is 1. The molecule has 134 valence electrons. The van der Waals surface area contributed by atoms with Crippen molar-refractivity contribution in [2.45, 2.75) is 18.0 Å². The number of carbonyl (C=O) groups is 1. The van der Waals surface area contributed by atoms with Crippen LogP contribution in [0.4, 0.5) is 8.78 Å². The number of halogens is 2. The van der Waals surface area contributed by atoms with Crippen molar-refractivity contribution >= 4 is 17.5 Å². The summed E-state index contributed by atoms with van der Waals surface area (Å²) in [4.78, 5) is 12.1. The van der Waals surface area contributed by atoms with Gasteiger partial charge in [-0.15, -0.1) is 10.2 Å². The number of thioether (sulfide) groups is 1. The maximum absolute atomic E-state index is 13.9. The van der Waals surface area contributed by atoms with E-state index >= 15 is 0 Å². The van der Waals surface area contributed by atoms with E-state index in [1.807, 2.05) is 0 Å². The second kappa shape index (κ2) is 8.23. The van der Waals surface area contributed by atoms with E-state index in [0.29, 0.717) is 40.7 Å². The molecule has 2 aromatic carbocycles. The fourth-order valence-corrected chi connectivity index (χ4v) is 3.34. The molecule has 3 rings (SSSR count). The van der Waals surface area contributed by atoms with E-state index < -0.39 is 0 Å². The minimum atomic E-state index is -0.356. The molecular weight excluding hydrogens is 356 g/mol. The first kappa shape index (κ1) is 18.3. The minimum absolute atomic E-state index is 0.0180. The van der Waals surface area contributed by atoms with Crippen molar-refractivity contribution in [1.29, 1.82) is 0 Å². The number of nitrogens with zero attached hydrogens (tertiary/aromatic N) is 3. The second-order valence-electron chi connectivity index (χ2n) is 5.73. The number of rotatable bonds is 7. The highest BCUT2D eigenvalue weighted by Gasteiger charge is 2.14. The summed E-state index contributed by atoms with van der Waals surface area (Å²) in [6.07, 6.45) is 1.03. The predicted molar refractivity (Wildman–Crippen MR) is 97.1 cm³/mol. The Morgan fingerprint density at radius 3 is 2.54 bits per heavy atom. The molecule has 0 aliphatic rings. The van der Waals surface area contributed by atoms with Gasteiger partial charge in [0, 0.05) is 24.8 Å². The first-order chi connectivity index (χ1) is 12.6. The van der Waals surface area contributed by atoms with E-state index in [2.05, 4.69) is 10.2 Å². The Balaban J connectivity index is 1.55. The van der Waals surface area contributed by atoms with E-state index in [4.69, 9.17) is 0 Å². The predicted octanol–water partition coefficient (Wildman–Crippen LogP) is 4.52. The highest BCUT2D eigenvalue weighted by atomic mass is 32.2. The zero-order valence-electron chi connectivity index (χ0n) is 14.2. The summed E-state index contributed by atoms with van der Waals surface area (Å²) in [5.41, 5.74) is 0.915. The molecule has 0 aliphatic heterocycles. The Labute approximate surface area is 154 Å². The zero-order chi connectivity index (χ0) is 18.5. The highest BCUT2D eigenvalue weighted by Crippen LogP contribution is 2.25. The molecule has 0 aliphatic carbocycles. The van der Waals surface area contributed by atoms with Gasteiger partial charge in [-0.05, 0) is 42.8 Å². The number of ketones is 1. The monoisotopic (exact) mass is 373 g/mol. The van der Waals surface area contributed by atoms with Crippen molar-refractivity contribution in [3.8, 4) is 11.4 Å². The summed E-state index contributed by atoms with van der Waals surface area (Å²) in [5, 5.41) is 8.83. The lowest BCUT2D eigenvalue weighted by Crippen LogP contribution is -2.00. The molecule has 1 aromatic heterocycles. The minimum Gasteiger partial charge on any atom is -0.305 e. The highest BCUT2D eigenvalue weighted by molar-refractivity contribution is 7.99. The summed E-state index contributed by atoms with van der Waals surface area (Å²) in [6, 6.07) is 12.0. The molecule has 0 saturated carbocycles. The van der Waals surface area contributed by atoms with Crippen LogP contribution in [-0.2, 0) is 7.05 Å². The number of hydrogen-bond donors (Lipinski definition) is 0. The van der Waals surface area contributed by atoms with Gasteiger partial charge in [0.25, 0.3) is 0 Å². The zero-order valence-corrected chi connectivity index (χ0v) is 15.0. The molecule has 0 saturated heterocycles. The SMILES string of the molecule is Cn1c(SCCCC(=O)c2ccc(F)cc2)nnc1-c1ccccc1F. The fourth-order valence-electron chi connectivity index (χ4n) is 2.49. The van der Waals surface area contributed by atoms with E-state index in [-0.39, 0.29) is 17.4 Å². The molecule has 0 spiro atoms. The van der Waals surface area contributed by atoms with Crippen LogP contribution in [0.1, 0.15) is 23.2 Å². The average Bonchev–Trinajstić information content (AvgIpc) is 3.00. The van der Waals surface area contributed by atoms with Crippen molar-refractivity contribution in [3.63, 3.8) is 0 Å². The van der Waals surface area contributed by atoms with E-state index in [1.54, 1.807) is 29.8 Å². The van der Waals surface area contributed by atoms with Gasteiger partial charge in [-0.3, -0.25) is 4.79 Å². The quantitative estimate of drug-likeness (QED) is 0.347. The van der Waals surface area contributed by atoms with Crippen LogP contribution < -0.4 is 0 Å². The van der Waals surface area contributed by atoms with Crippen LogP contribution in [0.2, 0.25) is 0 Å². The van der Waals surface area contributed by atoms with Crippen LogP contribution in [-0.4, -0.2) is 26.3 Å². The van der Waals surface area contributed by atoms with Gasteiger partial charge < -0.3 is 4.57 Å². The molecule has 0 atom stereocenters. The third-order valence-electron chi connectivity index (χ3n) is 3.90. The summed E-state index contributed by atoms with van der Waals surface area (Å²) >= 11 is 1.46. The van der Waals surface area contributed by atoms with Crippen LogP contribution >= 0.6 is 11.8 Å². The fraction of sp³-hybridized carbons (Fsp3) is 0.211. The summed E-state index contributed by atoms with van der Waals surface area (Å²) < 4.78 is 28.5. The van der Waals surface area contributed by atoms with Gasteiger partial charge in [-0.1, -0.05) is 23.9 Å². The van der Waals surface area contributed by atoms with Gasteiger partial charge in [0.05, 0.1) is 5.56 Å². The number of benzene rings is 2. The summed E-state index contributed by atoms with van der Waals surface area (Å²) in [5.74, 6) is 0.425. The Morgan fingerprint density at radius 1 is 1.08 bits per heavy atom. The maximum Gasteiger partial charge on any atom is 0.191 e. The first-order valence-electron chi connectivity index (χ1n) is 8.12. The van der Waals surface area contributed by atoms with E-state index in [0.717, 1.165) is 0 Å². The second-order valence-corrected chi connectivity index (χ2v) is 6.79. The smallest absolute Gasteiger partial charge is 0.191 e. The Bertz CT molecular complexity index is 909. The summed E-state index contributed by atoms with van der Waals surface area (Å²) in [6.45, 7) is 0. The molecule has 4 nitrogen and oxygen atoms in total. The van der Waals surface area contributed by atoms with Crippen LogP contribution in [0.25, 0.3) is 11.4 Å². The largest absolute Gasteiger partial charge is 0.305 e. The normalized spacial score (nSPS) is 10.9. The molecule has 0 bridgehead atoms. The van der Waals surface area contributed by atoms with Crippen molar-refractivity contribution in [3.05, 3.63) is 65.7 Å². The molecule has 1 heterocycles.